The molecular formula is C11H17NS. The number of allylic oxidation sites excluding steroid dienone is 1. The quantitative estimate of drug-likeness (QED) is 0.710. The highest BCUT2D eigenvalue weighted by Crippen LogP contribution is 2.23. The van der Waals surface area contributed by atoms with Crippen molar-refractivity contribution < 1.29 is 0 Å². The molecule has 72 valence electrons. The molecule has 0 aromatic carbocycles. The maximum atomic E-state index is 3.92. The fourth-order valence-corrected chi connectivity index (χ4v) is 2.18. The van der Waals surface area contributed by atoms with Crippen molar-refractivity contribution in [3.8, 4) is 0 Å². The molecule has 1 rings (SSSR count). The average Bonchev–Trinajstić information content (AvgIpc) is 2.58. The SMILES string of the molecule is C=C(C)CCC(NC)c1cccs1. The van der Waals surface area contributed by atoms with E-state index >= 15 is 0 Å². The molecule has 1 heterocycles. The molecule has 1 unspecified atom stereocenters. The Hall–Kier alpha value is -0.600. The molecule has 0 spiro atoms. The van der Waals surface area contributed by atoms with E-state index in [1.165, 1.54) is 10.5 Å². The number of thiophene rings is 1. The Balaban J connectivity index is 2.49. The second-order valence-electron chi connectivity index (χ2n) is 3.35. The highest BCUT2D eigenvalue weighted by atomic mass is 32.1. The van der Waals surface area contributed by atoms with Gasteiger partial charge in [-0.05, 0) is 38.3 Å². The fourth-order valence-electron chi connectivity index (χ4n) is 1.31. The van der Waals surface area contributed by atoms with Crippen LogP contribution in [0.15, 0.2) is 29.7 Å². The summed E-state index contributed by atoms with van der Waals surface area (Å²) in [4.78, 5) is 1.42. The van der Waals surface area contributed by atoms with Crippen LogP contribution in [0, 0.1) is 0 Å². The molecule has 13 heavy (non-hydrogen) atoms. The van der Waals surface area contributed by atoms with Gasteiger partial charge in [0.1, 0.15) is 0 Å². The molecule has 1 N–H and O–H groups in total. The summed E-state index contributed by atoms with van der Waals surface area (Å²) in [6, 6.07) is 4.78. The van der Waals surface area contributed by atoms with Gasteiger partial charge < -0.3 is 5.32 Å². The molecule has 1 aromatic heterocycles. The minimum Gasteiger partial charge on any atom is -0.312 e. The first kappa shape index (κ1) is 10.5. The molecule has 0 saturated carbocycles. The van der Waals surface area contributed by atoms with Gasteiger partial charge in [-0.2, -0.15) is 0 Å². The minimum atomic E-state index is 0.497. The summed E-state index contributed by atoms with van der Waals surface area (Å²) in [6.07, 6.45) is 2.25. The molecule has 0 aliphatic carbocycles. The first-order valence-corrected chi connectivity index (χ1v) is 5.47. The number of hydrogen-bond donors (Lipinski definition) is 1. The largest absolute Gasteiger partial charge is 0.312 e. The summed E-state index contributed by atoms with van der Waals surface area (Å²) >= 11 is 1.82. The molecule has 2 heteroatoms. The lowest BCUT2D eigenvalue weighted by atomic mass is 10.1. The number of rotatable bonds is 5. The molecule has 0 saturated heterocycles. The van der Waals surface area contributed by atoms with Gasteiger partial charge >= 0.3 is 0 Å². The van der Waals surface area contributed by atoms with Crippen LogP contribution in [0.1, 0.15) is 30.7 Å². The van der Waals surface area contributed by atoms with Crippen LogP contribution < -0.4 is 5.32 Å². The van der Waals surface area contributed by atoms with Crippen molar-refractivity contribution in [2.45, 2.75) is 25.8 Å². The maximum Gasteiger partial charge on any atom is 0.0415 e. The summed E-state index contributed by atoms with van der Waals surface area (Å²) in [5.74, 6) is 0. The zero-order valence-electron chi connectivity index (χ0n) is 8.34. The summed E-state index contributed by atoms with van der Waals surface area (Å²) in [6.45, 7) is 6.00. The Morgan fingerprint density at radius 3 is 2.92 bits per heavy atom. The Morgan fingerprint density at radius 1 is 1.69 bits per heavy atom. The van der Waals surface area contributed by atoms with Crippen LogP contribution in [0.3, 0.4) is 0 Å². The van der Waals surface area contributed by atoms with E-state index < -0.39 is 0 Å². The molecule has 0 bridgehead atoms. The smallest absolute Gasteiger partial charge is 0.0415 e. The monoisotopic (exact) mass is 195 g/mol. The highest BCUT2D eigenvalue weighted by molar-refractivity contribution is 7.10. The van der Waals surface area contributed by atoms with Crippen molar-refractivity contribution in [1.29, 1.82) is 0 Å². The molecule has 0 radical (unpaired) electrons. The van der Waals surface area contributed by atoms with Crippen LogP contribution in [0.2, 0.25) is 0 Å². The lowest BCUT2D eigenvalue weighted by Crippen LogP contribution is -2.14. The first-order valence-electron chi connectivity index (χ1n) is 4.59. The molecule has 1 aromatic rings. The lowest BCUT2D eigenvalue weighted by molar-refractivity contribution is 0.557. The Bertz CT molecular complexity index is 251. The van der Waals surface area contributed by atoms with Gasteiger partial charge in [0, 0.05) is 10.9 Å². The topological polar surface area (TPSA) is 12.0 Å². The predicted octanol–water partition coefficient (Wildman–Crippen LogP) is 3.36. The molecule has 1 nitrogen and oxygen atoms in total. The zero-order chi connectivity index (χ0) is 9.68. The van der Waals surface area contributed by atoms with Crippen LogP contribution >= 0.6 is 11.3 Å². The van der Waals surface area contributed by atoms with E-state index in [0.717, 1.165) is 12.8 Å². The third-order valence-corrected chi connectivity index (χ3v) is 3.08. The van der Waals surface area contributed by atoms with Crippen LogP contribution in [-0.4, -0.2) is 7.05 Å². The number of hydrogen-bond acceptors (Lipinski definition) is 2. The fraction of sp³-hybridized carbons (Fsp3) is 0.455. The Morgan fingerprint density at radius 2 is 2.46 bits per heavy atom. The van der Waals surface area contributed by atoms with Gasteiger partial charge in [-0.1, -0.05) is 11.6 Å². The van der Waals surface area contributed by atoms with Crippen LogP contribution in [0.5, 0.6) is 0 Å². The third kappa shape index (κ3) is 3.33. The molecule has 1 atom stereocenters. The first-order chi connectivity index (χ1) is 6.24. The molecular weight excluding hydrogens is 178 g/mol. The summed E-state index contributed by atoms with van der Waals surface area (Å²) in [5.41, 5.74) is 1.26. The van der Waals surface area contributed by atoms with Crippen LogP contribution in [-0.2, 0) is 0 Å². The highest BCUT2D eigenvalue weighted by Gasteiger charge is 2.08. The molecule has 0 amide bonds. The summed E-state index contributed by atoms with van der Waals surface area (Å²) in [5, 5.41) is 5.45. The predicted molar refractivity (Wildman–Crippen MR) is 60.2 cm³/mol. The summed E-state index contributed by atoms with van der Waals surface area (Å²) in [7, 11) is 2.02. The van der Waals surface area contributed by atoms with Crippen molar-refractivity contribution in [1.82, 2.24) is 5.32 Å². The van der Waals surface area contributed by atoms with Crippen molar-refractivity contribution in [3.05, 3.63) is 34.5 Å². The Labute approximate surface area is 84.5 Å². The summed E-state index contributed by atoms with van der Waals surface area (Å²) < 4.78 is 0. The number of nitrogens with one attached hydrogen (secondary N) is 1. The Kier molecular flexibility index (Phi) is 4.19. The molecule has 0 aliphatic rings. The van der Waals surface area contributed by atoms with Gasteiger partial charge in [-0.25, -0.2) is 0 Å². The van der Waals surface area contributed by atoms with E-state index in [1.807, 2.05) is 18.4 Å². The van der Waals surface area contributed by atoms with Crippen molar-refractivity contribution in [3.63, 3.8) is 0 Å². The van der Waals surface area contributed by atoms with Crippen molar-refractivity contribution >= 4 is 11.3 Å². The van der Waals surface area contributed by atoms with Gasteiger partial charge in [0.15, 0.2) is 0 Å². The van der Waals surface area contributed by atoms with E-state index in [1.54, 1.807) is 0 Å². The van der Waals surface area contributed by atoms with E-state index in [2.05, 4.69) is 36.3 Å². The van der Waals surface area contributed by atoms with E-state index in [0.29, 0.717) is 6.04 Å². The second-order valence-corrected chi connectivity index (χ2v) is 4.33. The van der Waals surface area contributed by atoms with Gasteiger partial charge in [0.05, 0.1) is 0 Å². The maximum absolute atomic E-state index is 3.92. The third-order valence-electron chi connectivity index (χ3n) is 2.09. The van der Waals surface area contributed by atoms with Gasteiger partial charge in [0.2, 0.25) is 0 Å². The van der Waals surface area contributed by atoms with Gasteiger partial charge in [-0.15, -0.1) is 17.9 Å². The van der Waals surface area contributed by atoms with Crippen molar-refractivity contribution in [2.24, 2.45) is 0 Å². The minimum absolute atomic E-state index is 0.497. The molecule has 0 aliphatic heterocycles. The lowest BCUT2D eigenvalue weighted by Gasteiger charge is -2.13. The van der Waals surface area contributed by atoms with Crippen molar-refractivity contribution in [2.75, 3.05) is 7.05 Å². The van der Waals surface area contributed by atoms with E-state index in [4.69, 9.17) is 0 Å². The standard InChI is InChI=1S/C11H17NS/c1-9(2)6-7-10(12-3)11-5-4-8-13-11/h4-5,8,10,12H,1,6-7H2,2-3H3. The van der Waals surface area contributed by atoms with E-state index in [9.17, 15) is 0 Å². The molecule has 0 fully saturated rings. The normalized spacial score (nSPS) is 12.8. The second kappa shape index (κ2) is 5.20. The van der Waals surface area contributed by atoms with Gasteiger partial charge in [0.25, 0.3) is 0 Å². The van der Waals surface area contributed by atoms with Crippen LogP contribution in [0.4, 0.5) is 0 Å². The van der Waals surface area contributed by atoms with Gasteiger partial charge in [-0.3, -0.25) is 0 Å². The van der Waals surface area contributed by atoms with E-state index in [-0.39, 0.29) is 0 Å². The zero-order valence-corrected chi connectivity index (χ0v) is 9.16. The average molecular weight is 195 g/mol. The van der Waals surface area contributed by atoms with Crippen LogP contribution in [0.25, 0.3) is 0 Å².